The van der Waals surface area contributed by atoms with Crippen LogP contribution in [0.4, 0.5) is 0 Å². The molecule has 0 saturated heterocycles. The fraction of sp³-hybridized carbons (Fsp3) is 0.308. The second-order valence-electron chi connectivity index (χ2n) is 4.11. The molecule has 0 aliphatic carbocycles. The Labute approximate surface area is 116 Å². The lowest BCUT2D eigenvalue weighted by Gasteiger charge is -2.01. The Morgan fingerprint density at radius 2 is 2.11 bits per heavy atom. The number of hydrogen-bond donors (Lipinski definition) is 0. The first-order chi connectivity index (χ1) is 8.10. The number of nitrogens with zero attached hydrogens (tertiary/aromatic N) is 2. The molecule has 2 aromatic rings. The van der Waals surface area contributed by atoms with Crippen LogP contribution in [-0.2, 0) is 16.1 Å². The highest BCUT2D eigenvalue weighted by atomic mass is 79.9. The van der Waals surface area contributed by atoms with E-state index in [1.165, 1.54) is 12.7 Å². The van der Waals surface area contributed by atoms with Crippen molar-refractivity contribution in [1.82, 2.24) is 5.10 Å². The molecule has 0 amide bonds. The average molecular weight is 311 g/mol. The van der Waals surface area contributed by atoms with Crippen LogP contribution in [0.25, 0.3) is 10.9 Å². The third-order valence-electron chi connectivity index (χ3n) is 2.67. The molecular formula is C13H15BrN2O2. The molecule has 18 heavy (non-hydrogen) atoms. The lowest BCUT2D eigenvalue weighted by atomic mass is 10.1. The van der Waals surface area contributed by atoms with Gasteiger partial charge < -0.3 is 21.7 Å². The summed E-state index contributed by atoms with van der Waals surface area (Å²) in [6.07, 6.45) is 1.86. The first-order valence-electron chi connectivity index (χ1n) is 5.44. The maximum atomic E-state index is 11.2. The zero-order chi connectivity index (χ0) is 12.4. The van der Waals surface area contributed by atoms with E-state index < -0.39 is 0 Å². The zero-order valence-corrected chi connectivity index (χ0v) is 12.2. The van der Waals surface area contributed by atoms with Crippen LogP contribution in [0.15, 0.2) is 24.4 Å². The van der Waals surface area contributed by atoms with Gasteiger partial charge in [-0.25, -0.2) is 4.79 Å². The van der Waals surface area contributed by atoms with Gasteiger partial charge >= 0.3 is 5.97 Å². The lowest BCUT2D eigenvalue weighted by Crippen LogP contribution is -3.00. The van der Waals surface area contributed by atoms with Crippen LogP contribution in [0.2, 0.25) is 0 Å². The molecule has 5 heteroatoms. The van der Waals surface area contributed by atoms with Crippen LogP contribution in [0, 0.1) is 13.8 Å². The summed E-state index contributed by atoms with van der Waals surface area (Å²) in [7, 11) is 1.38. The number of carbonyl (C=O) groups excluding carboxylic acids is 1. The Bertz CT molecular complexity index is 584. The van der Waals surface area contributed by atoms with Crippen LogP contribution < -0.4 is 21.7 Å². The van der Waals surface area contributed by atoms with Crippen LogP contribution >= 0.6 is 0 Å². The number of carbonyl (C=O) groups is 1. The fourth-order valence-corrected chi connectivity index (χ4v) is 1.79. The summed E-state index contributed by atoms with van der Waals surface area (Å²) >= 11 is 0. The summed E-state index contributed by atoms with van der Waals surface area (Å²) in [5.74, 6) is -0.298. The largest absolute Gasteiger partial charge is 1.00 e. The van der Waals surface area contributed by atoms with E-state index in [1.54, 1.807) is 4.68 Å². The smallest absolute Gasteiger partial charge is 0.374 e. The molecule has 4 nitrogen and oxygen atoms in total. The Balaban J connectivity index is 0.00000162. The topological polar surface area (TPSA) is 43.1 Å². The molecule has 0 saturated carbocycles. The number of halogens is 1. The van der Waals surface area contributed by atoms with Crippen LogP contribution in [0.5, 0.6) is 0 Å². The third kappa shape index (κ3) is 3.04. The summed E-state index contributed by atoms with van der Waals surface area (Å²) in [4.78, 5) is 11.2. The standard InChI is InChI=1S/C13H15N2O2.BrH/c1-9-4-5-12-11(6-9)10(2)7-15(14-12)8-13(16)17-3;/h4-7H,8H2,1-3H3;1H/q+1;/p-1. The maximum absolute atomic E-state index is 11.2. The van der Waals surface area contributed by atoms with Crippen molar-refractivity contribution in [2.75, 3.05) is 7.11 Å². The minimum atomic E-state index is -0.298. The van der Waals surface area contributed by atoms with Gasteiger partial charge in [-0.15, -0.1) is 0 Å². The monoisotopic (exact) mass is 310 g/mol. The molecule has 96 valence electrons. The molecule has 0 N–H and O–H groups in total. The molecule has 0 fully saturated rings. The van der Waals surface area contributed by atoms with Crippen molar-refractivity contribution in [3.05, 3.63) is 35.5 Å². The van der Waals surface area contributed by atoms with Crippen LogP contribution in [-0.4, -0.2) is 18.2 Å². The number of ether oxygens (including phenoxy) is 1. The molecule has 2 rings (SSSR count). The van der Waals surface area contributed by atoms with Gasteiger partial charge in [0.1, 0.15) is 5.52 Å². The van der Waals surface area contributed by atoms with Gasteiger partial charge in [-0.2, -0.15) is 0 Å². The lowest BCUT2D eigenvalue weighted by molar-refractivity contribution is -0.741. The number of fused-ring (bicyclic) bond motifs is 1. The van der Waals surface area contributed by atoms with Gasteiger partial charge in [0.25, 0.3) is 6.54 Å². The molecule has 1 aromatic heterocycles. The molecule has 0 aliphatic heterocycles. The zero-order valence-electron chi connectivity index (χ0n) is 10.6. The highest BCUT2D eigenvalue weighted by Gasteiger charge is 2.14. The molecule has 0 bridgehead atoms. The molecule has 1 heterocycles. The van der Waals surface area contributed by atoms with Crippen molar-refractivity contribution in [1.29, 1.82) is 0 Å². The summed E-state index contributed by atoms with van der Waals surface area (Å²) in [5, 5.41) is 5.50. The van der Waals surface area contributed by atoms with Crippen molar-refractivity contribution < 1.29 is 31.2 Å². The molecule has 0 radical (unpaired) electrons. The van der Waals surface area contributed by atoms with E-state index in [1.807, 2.05) is 32.2 Å². The second kappa shape index (κ2) is 5.91. The Morgan fingerprint density at radius 1 is 1.39 bits per heavy atom. The number of esters is 1. The van der Waals surface area contributed by atoms with Gasteiger partial charge in [0, 0.05) is 16.0 Å². The van der Waals surface area contributed by atoms with Crippen molar-refractivity contribution in [2.45, 2.75) is 20.4 Å². The van der Waals surface area contributed by atoms with Crippen molar-refractivity contribution in [3.8, 4) is 0 Å². The minimum Gasteiger partial charge on any atom is -1.00 e. The molecule has 0 aliphatic rings. The van der Waals surface area contributed by atoms with E-state index in [0.717, 1.165) is 16.5 Å². The molecule has 0 atom stereocenters. The Kier molecular flexibility index (Phi) is 4.78. The molecule has 1 aromatic carbocycles. The van der Waals surface area contributed by atoms with E-state index in [9.17, 15) is 4.79 Å². The predicted octanol–water partition coefficient (Wildman–Crippen LogP) is -1.68. The van der Waals surface area contributed by atoms with E-state index in [4.69, 9.17) is 0 Å². The normalized spacial score (nSPS) is 9.94. The van der Waals surface area contributed by atoms with Gasteiger partial charge in [-0.3, -0.25) is 0 Å². The minimum absolute atomic E-state index is 0. The second-order valence-corrected chi connectivity index (χ2v) is 4.11. The van der Waals surface area contributed by atoms with Crippen LogP contribution in [0.3, 0.4) is 0 Å². The predicted molar refractivity (Wildman–Crippen MR) is 63.4 cm³/mol. The Morgan fingerprint density at radius 3 is 2.78 bits per heavy atom. The van der Waals surface area contributed by atoms with E-state index in [2.05, 4.69) is 15.9 Å². The number of aryl methyl sites for hydroxylation is 2. The molecule has 0 spiro atoms. The van der Waals surface area contributed by atoms with Gasteiger partial charge in [-0.05, 0) is 26.0 Å². The van der Waals surface area contributed by atoms with Crippen molar-refractivity contribution in [3.63, 3.8) is 0 Å². The van der Waals surface area contributed by atoms with Gasteiger partial charge in [-0.1, -0.05) is 16.3 Å². The highest BCUT2D eigenvalue weighted by Crippen LogP contribution is 2.15. The first-order valence-corrected chi connectivity index (χ1v) is 5.44. The highest BCUT2D eigenvalue weighted by molar-refractivity contribution is 5.81. The van der Waals surface area contributed by atoms with E-state index in [-0.39, 0.29) is 29.5 Å². The van der Waals surface area contributed by atoms with Gasteiger partial charge in [0.15, 0.2) is 0 Å². The molecule has 0 unspecified atom stereocenters. The first kappa shape index (κ1) is 14.6. The van der Waals surface area contributed by atoms with Crippen molar-refractivity contribution in [2.24, 2.45) is 0 Å². The van der Waals surface area contributed by atoms with Gasteiger partial charge in [0.2, 0.25) is 6.20 Å². The summed E-state index contributed by atoms with van der Waals surface area (Å²) in [5.41, 5.74) is 3.19. The van der Waals surface area contributed by atoms with E-state index in [0.29, 0.717) is 0 Å². The number of aromatic nitrogens is 2. The number of rotatable bonds is 2. The third-order valence-corrected chi connectivity index (χ3v) is 2.67. The fourth-order valence-electron chi connectivity index (χ4n) is 1.79. The number of methoxy groups -OCH3 is 1. The quantitative estimate of drug-likeness (QED) is 0.491. The SMILES string of the molecule is COC(=O)C[n+]1cc(C)c2cc(C)ccc2n1.[Br-]. The summed E-state index contributed by atoms with van der Waals surface area (Å²) < 4.78 is 6.24. The maximum Gasteiger partial charge on any atom is 0.374 e. The summed E-state index contributed by atoms with van der Waals surface area (Å²) in [6.45, 7) is 4.20. The van der Waals surface area contributed by atoms with Crippen LogP contribution in [0.1, 0.15) is 11.1 Å². The number of benzene rings is 1. The Hall–Kier alpha value is -1.49. The van der Waals surface area contributed by atoms with E-state index >= 15 is 0 Å². The number of hydrogen-bond acceptors (Lipinski definition) is 3. The summed E-state index contributed by atoms with van der Waals surface area (Å²) in [6, 6.07) is 6.07. The van der Waals surface area contributed by atoms with Crippen molar-refractivity contribution >= 4 is 16.9 Å². The average Bonchev–Trinajstić information content (AvgIpc) is 2.30. The van der Waals surface area contributed by atoms with Gasteiger partial charge in [0.05, 0.1) is 7.11 Å². The molecular weight excluding hydrogens is 296 g/mol.